The topological polar surface area (TPSA) is 77.9 Å². The predicted octanol–water partition coefficient (Wildman–Crippen LogP) is -0.212. The van der Waals surface area contributed by atoms with E-state index in [9.17, 15) is 14.4 Å². The number of hydrogen-bond donors (Lipinski definition) is 1. The molecule has 1 aliphatic heterocycles. The molecule has 0 aromatic heterocycles. The number of aliphatic carboxylic acids is 1. The van der Waals surface area contributed by atoms with Crippen LogP contribution in [0.3, 0.4) is 0 Å². The largest absolute Gasteiger partial charge is 0.481 e. The summed E-state index contributed by atoms with van der Waals surface area (Å²) in [7, 11) is 3.39. The zero-order chi connectivity index (χ0) is 13.0. The van der Waals surface area contributed by atoms with Crippen molar-refractivity contribution in [3.05, 3.63) is 0 Å². The summed E-state index contributed by atoms with van der Waals surface area (Å²) < 4.78 is 0. The van der Waals surface area contributed by atoms with Gasteiger partial charge in [0, 0.05) is 45.9 Å². The smallest absolute Gasteiger partial charge is 0.303 e. The summed E-state index contributed by atoms with van der Waals surface area (Å²) in [5.74, 6) is -0.899. The molecule has 2 amide bonds. The Morgan fingerprint density at radius 2 is 2.12 bits per heavy atom. The molecule has 0 saturated carbocycles. The Labute approximate surface area is 100 Å². The number of carbonyl (C=O) groups excluding carboxylic acids is 2. The minimum absolute atomic E-state index is 0.0162. The van der Waals surface area contributed by atoms with E-state index in [4.69, 9.17) is 5.11 Å². The van der Waals surface area contributed by atoms with Gasteiger partial charge in [-0.1, -0.05) is 0 Å². The molecule has 0 unspecified atom stereocenters. The number of nitrogens with zero attached hydrogens (tertiary/aromatic N) is 2. The van der Waals surface area contributed by atoms with Gasteiger partial charge in [-0.25, -0.2) is 0 Å². The van der Waals surface area contributed by atoms with E-state index in [1.807, 2.05) is 0 Å². The molecular formula is C11H18N2O4. The molecule has 1 atom stereocenters. The van der Waals surface area contributed by atoms with Crippen LogP contribution in [0.15, 0.2) is 0 Å². The van der Waals surface area contributed by atoms with Crippen molar-refractivity contribution in [2.24, 2.45) is 5.92 Å². The Hall–Kier alpha value is -1.59. The van der Waals surface area contributed by atoms with Crippen molar-refractivity contribution in [3.63, 3.8) is 0 Å². The molecule has 17 heavy (non-hydrogen) atoms. The van der Waals surface area contributed by atoms with E-state index in [1.165, 1.54) is 4.90 Å². The van der Waals surface area contributed by atoms with Crippen molar-refractivity contribution in [1.82, 2.24) is 9.80 Å². The van der Waals surface area contributed by atoms with Crippen LogP contribution in [-0.2, 0) is 14.4 Å². The summed E-state index contributed by atoms with van der Waals surface area (Å²) in [6.07, 6.45) is 0.335. The molecule has 1 rings (SSSR count). The summed E-state index contributed by atoms with van der Waals surface area (Å²) in [5, 5.41) is 8.48. The standard InChI is InChI=1S/C11H18N2O4/c1-12(9(14)3-4-11(16)17)6-8-5-10(15)13(2)7-8/h8H,3-7H2,1-2H3,(H,16,17)/t8-/m1/s1. The molecule has 96 valence electrons. The van der Waals surface area contributed by atoms with Crippen molar-refractivity contribution in [1.29, 1.82) is 0 Å². The lowest BCUT2D eigenvalue weighted by atomic mass is 10.1. The summed E-state index contributed by atoms with van der Waals surface area (Å²) in [6.45, 7) is 1.17. The van der Waals surface area contributed by atoms with Crippen LogP contribution in [-0.4, -0.2) is 59.9 Å². The van der Waals surface area contributed by atoms with Crippen LogP contribution < -0.4 is 0 Å². The van der Waals surface area contributed by atoms with Crippen LogP contribution in [0.1, 0.15) is 19.3 Å². The van der Waals surface area contributed by atoms with Gasteiger partial charge < -0.3 is 14.9 Å². The lowest BCUT2D eigenvalue weighted by molar-refractivity contribution is -0.140. The van der Waals surface area contributed by atoms with Gasteiger partial charge in [0.1, 0.15) is 0 Å². The van der Waals surface area contributed by atoms with E-state index in [2.05, 4.69) is 0 Å². The number of rotatable bonds is 5. The minimum Gasteiger partial charge on any atom is -0.481 e. The predicted molar refractivity (Wildman–Crippen MR) is 60.3 cm³/mol. The highest BCUT2D eigenvalue weighted by Crippen LogP contribution is 2.17. The van der Waals surface area contributed by atoms with Gasteiger partial charge in [-0.15, -0.1) is 0 Å². The maximum absolute atomic E-state index is 11.6. The van der Waals surface area contributed by atoms with E-state index in [1.54, 1.807) is 19.0 Å². The number of hydrogen-bond acceptors (Lipinski definition) is 3. The third-order valence-corrected chi connectivity index (χ3v) is 2.93. The summed E-state index contributed by atoms with van der Waals surface area (Å²) in [6, 6.07) is 0. The second-order valence-corrected chi connectivity index (χ2v) is 4.51. The summed E-state index contributed by atoms with van der Waals surface area (Å²) >= 11 is 0. The van der Waals surface area contributed by atoms with E-state index >= 15 is 0 Å². The minimum atomic E-state index is -0.970. The molecule has 0 aromatic carbocycles. The molecule has 1 aliphatic rings. The van der Waals surface area contributed by atoms with Gasteiger partial charge in [-0.3, -0.25) is 14.4 Å². The monoisotopic (exact) mass is 242 g/mol. The molecule has 0 aliphatic carbocycles. The maximum Gasteiger partial charge on any atom is 0.303 e. The number of carboxylic acid groups (broad SMARTS) is 1. The Bertz CT molecular complexity index is 329. The normalized spacial score (nSPS) is 19.5. The van der Waals surface area contributed by atoms with Crippen molar-refractivity contribution in [3.8, 4) is 0 Å². The van der Waals surface area contributed by atoms with Gasteiger partial charge in [0.25, 0.3) is 0 Å². The van der Waals surface area contributed by atoms with Gasteiger partial charge in [0.2, 0.25) is 11.8 Å². The summed E-state index contributed by atoms with van der Waals surface area (Å²) in [4.78, 5) is 36.4. The number of carbonyl (C=O) groups is 3. The molecule has 1 N–H and O–H groups in total. The molecule has 0 spiro atoms. The molecular weight excluding hydrogens is 224 g/mol. The Morgan fingerprint density at radius 3 is 2.59 bits per heavy atom. The van der Waals surface area contributed by atoms with Gasteiger partial charge in [-0.2, -0.15) is 0 Å². The third kappa shape index (κ3) is 4.05. The Morgan fingerprint density at radius 1 is 1.47 bits per heavy atom. The lowest BCUT2D eigenvalue weighted by Crippen LogP contribution is -2.32. The number of likely N-dealkylation sites (tertiary alicyclic amines) is 1. The quantitative estimate of drug-likeness (QED) is 0.723. The third-order valence-electron chi connectivity index (χ3n) is 2.93. The molecule has 6 nitrogen and oxygen atoms in total. The van der Waals surface area contributed by atoms with E-state index in [-0.39, 0.29) is 30.6 Å². The molecule has 1 fully saturated rings. The Kier molecular flexibility index (Phi) is 4.48. The molecule has 0 bridgehead atoms. The van der Waals surface area contributed by atoms with Crippen molar-refractivity contribution in [2.75, 3.05) is 27.2 Å². The highest BCUT2D eigenvalue weighted by Gasteiger charge is 2.28. The fraction of sp³-hybridized carbons (Fsp3) is 0.727. The first-order valence-corrected chi connectivity index (χ1v) is 5.60. The van der Waals surface area contributed by atoms with Crippen LogP contribution in [0, 0.1) is 5.92 Å². The first kappa shape index (κ1) is 13.5. The number of carboxylic acids is 1. The first-order chi connectivity index (χ1) is 7.90. The van der Waals surface area contributed by atoms with Crippen LogP contribution in [0.25, 0.3) is 0 Å². The zero-order valence-electron chi connectivity index (χ0n) is 10.2. The van der Waals surface area contributed by atoms with Crippen LogP contribution in [0.5, 0.6) is 0 Å². The first-order valence-electron chi connectivity index (χ1n) is 5.60. The second-order valence-electron chi connectivity index (χ2n) is 4.51. The van der Waals surface area contributed by atoms with E-state index < -0.39 is 5.97 Å². The Balaban J connectivity index is 2.34. The summed E-state index contributed by atoms with van der Waals surface area (Å²) in [5.41, 5.74) is 0. The fourth-order valence-corrected chi connectivity index (χ4v) is 1.97. The van der Waals surface area contributed by atoms with Gasteiger partial charge in [-0.05, 0) is 0 Å². The van der Waals surface area contributed by atoms with Gasteiger partial charge in [0.15, 0.2) is 0 Å². The SMILES string of the molecule is CN(C[C@H]1CC(=O)N(C)C1)C(=O)CCC(=O)O. The van der Waals surface area contributed by atoms with Crippen LogP contribution in [0.2, 0.25) is 0 Å². The van der Waals surface area contributed by atoms with E-state index in [0.29, 0.717) is 19.5 Å². The molecule has 6 heteroatoms. The molecule has 1 heterocycles. The van der Waals surface area contributed by atoms with Crippen LogP contribution in [0.4, 0.5) is 0 Å². The van der Waals surface area contributed by atoms with Crippen molar-refractivity contribution < 1.29 is 19.5 Å². The van der Waals surface area contributed by atoms with Gasteiger partial charge >= 0.3 is 5.97 Å². The second kappa shape index (κ2) is 5.65. The fourth-order valence-electron chi connectivity index (χ4n) is 1.97. The highest BCUT2D eigenvalue weighted by atomic mass is 16.4. The van der Waals surface area contributed by atoms with Gasteiger partial charge in [0.05, 0.1) is 6.42 Å². The average molecular weight is 242 g/mol. The molecule has 0 radical (unpaired) electrons. The van der Waals surface area contributed by atoms with Crippen LogP contribution >= 0.6 is 0 Å². The van der Waals surface area contributed by atoms with Crippen molar-refractivity contribution in [2.45, 2.75) is 19.3 Å². The van der Waals surface area contributed by atoms with E-state index in [0.717, 1.165) is 0 Å². The van der Waals surface area contributed by atoms with Crippen molar-refractivity contribution >= 4 is 17.8 Å². The average Bonchev–Trinajstić information content (AvgIpc) is 2.54. The molecule has 0 aromatic rings. The molecule has 1 saturated heterocycles. The zero-order valence-corrected chi connectivity index (χ0v) is 10.2. The maximum atomic E-state index is 11.6. The highest BCUT2D eigenvalue weighted by molar-refractivity contribution is 5.81. The number of amides is 2. The lowest BCUT2D eigenvalue weighted by Gasteiger charge is -2.20.